The molecule has 82 valence electrons. The van der Waals surface area contributed by atoms with Crippen molar-refractivity contribution in [1.29, 1.82) is 0 Å². The van der Waals surface area contributed by atoms with Crippen molar-refractivity contribution in [3.63, 3.8) is 0 Å². The van der Waals surface area contributed by atoms with E-state index in [1.807, 2.05) is 22.6 Å². The van der Waals surface area contributed by atoms with E-state index in [1.165, 1.54) is 18.2 Å². The number of rotatable bonds is 3. The van der Waals surface area contributed by atoms with Crippen LogP contribution in [0.3, 0.4) is 0 Å². The third-order valence-corrected chi connectivity index (χ3v) is 3.14. The van der Waals surface area contributed by atoms with Crippen LogP contribution in [0.4, 0.5) is 5.69 Å². The number of anilines is 1. The van der Waals surface area contributed by atoms with Gasteiger partial charge >= 0.3 is 29.6 Å². The summed E-state index contributed by atoms with van der Waals surface area (Å²) < 4.78 is 32.6. The fraction of sp³-hybridized carbons (Fsp3) is 0.125. The van der Waals surface area contributed by atoms with Crippen LogP contribution in [-0.2, 0) is 14.9 Å². The molecule has 0 aliphatic heterocycles. The third-order valence-electron chi connectivity index (χ3n) is 1.55. The summed E-state index contributed by atoms with van der Waals surface area (Å²) in [6.07, 6.45) is 0. The van der Waals surface area contributed by atoms with Crippen molar-refractivity contribution in [3.05, 3.63) is 24.3 Å². The molecule has 0 unspecified atom stereocenters. The Morgan fingerprint density at radius 3 is 2.44 bits per heavy atom. The van der Waals surface area contributed by atoms with Gasteiger partial charge in [-0.25, -0.2) is 8.42 Å². The molecule has 0 aromatic heterocycles. The van der Waals surface area contributed by atoms with Gasteiger partial charge in [0.05, 0.1) is 15.0 Å². The summed E-state index contributed by atoms with van der Waals surface area (Å²) in [6.45, 7) is 0. The first-order valence-electron chi connectivity index (χ1n) is 3.86. The van der Waals surface area contributed by atoms with Gasteiger partial charge in [0.25, 0.3) is 0 Å². The molecule has 1 aromatic carbocycles. The maximum Gasteiger partial charge on any atom is 1.00 e. The summed E-state index contributed by atoms with van der Waals surface area (Å²) in [4.78, 5) is 10.6. The molecule has 0 aliphatic rings. The fourth-order valence-corrected chi connectivity index (χ4v) is 1.80. The third kappa shape index (κ3) is 4.68. The summed E-state index contributed by atoms with van der Waals surface area (Å²) in [5, 5.41) is 2.34. The average molecular weight is 363 g/mol. The molecule has 0 heterocycles. The molecule has 8 heteroatoms. The number of carbonyl (C=O) groups is 1. The van der Waals surface area contributed by atoms with Crippen LogP contribution in [0.15, 0.2) is 29.2 Å². The zero-order chi connectivity index (χ0) is 11.5. The Morgan fingerprint density at radius 1 is 1.38 bits per heavy atom. The monoisotopic (exact) mass is 363 g/mol. The molecular formula is C8H7INNaO4S. The van der Waals surface area contributed by atoms with Crippen LogP contribution < -0.4 is 34.9 Å². The number of carbonyl (C=O) groups excluding carboxylic acids is 1. The number of hydrogen-bond donors (Lipinski definition) is 1. The molecular weight excluding hydrogens is 356 g/mol. The molecule has 0 fully saturated rings. The molecule has 0 saturated carbocycles. The first-order valence-corrected chi connectivity index (χ1v) is 6.79. The van der Waals surface area contributed by atoms with Gasteiger partial charge in [-0.2, -0.15) is 0 Å². The number of amides is 1. The smallest absolute Gasteiger partial charge is 0.744 e. The van der Waals surface area contributed by atoms with E-state index in [9.17, 15) is 17.8 Å². The first-order chi connectivity index (χ1) is 6.95. The van der Waals surface area contributed by atoms with Gasteiger partial charge < -0.3 is 9.87 Å². The van der Waals surface area contributed by atoms with E-state index in [2.05, 4.69) is 5.32 Å². The number of para-hydroxylation sites is 1. The zero-order valence-electron chi connectivity index (χ0n) is 8.44. The zero-order valence-corrected chi connectivity index (χ0v) is 13.4. The van der Waals surface area contributed by atoms with Gasteiger partial charge in [0.2, 0.25) is 5.91 Å². The molecule has 0 radical (unpaired) electrons. The van der Waals surface area contributed by atoms with Gasteiger partial charge in [-0.05, 0) is 12.1 Å². The van der Waals surface area contributed by atoms with Crippen molar-refractivity contribution in [2.75, 3.05) is 9.74 Å². The van der Waals surface area contributed by atoms with Gasteiger partial charge in [-0.3, -0.25) is 4.79 Å². The summed E-state index contributed by atoms with van der Waals surface area (Å²) in [7, 11) is -4.55. The summed E-state index contributed by atoms with van der Waals surface area (Å²) >= 11 is 1.83. The van der Waals surface area contributed by atoms with Crippen molar-refractivity contribution >= 4 is 44.3 Å². The number of alkyl halides is 1. The van der Waals surface area contributed by atoms with Crippen molar-refractivity contribution < 1.29 is 47.3 Å². The van der Waals surface area contributed by atoms with Crippen molar-refractivity contribution in [2.45, 2.75) is 4.90 Å². The number of benzene rings is 1. The Labute approximate surface area is 129 Å². The van der Waals surface area contributed by atoms with Crippen LogP contribution in [0, 0.1) is 0 Å². The van der Waals surface area contributed by atoms with Crippen LogP contribution in [0.1, 0.15) is 0 Å². The second kappa shape index (κ2) is 6.92. The topological polar surface area (TPSA) is 86.3 Å². The number of nitrogens with one attached hydrogen (secondary N) is 1. The standard InChI is InChI=1S/C8H8INO4S.Na/c9-5-8(11)10-6-3-1-2-4-7(6)15(12,13)14;/h1-4H,5H2,(H,10,11)(H,12,13,14);/q;+1/p-1. The summed E-state index contributed by atoms with van der Waals surface area (Å²) in [6, 6.07) is 5.49. The molecule has 0 saturated heterocycles. The second-order valence-electron chi connectivity index (χ2n) is 2.63. The minimum Gasteiger partial charge on any atom is -0.744 e. The van der Waals surface area contributed by atoms with Gasteiger partial charge in [0.1, 0.15) is 10.1 Å². The van der Waals surface area contributed by atoms with E-state index in [1.54, 1.807) is 0 Å². The molecule has 1 rings (SSSR count). The predicted octanol–water partition coefficient (Wildman–Crippen LogP) is -2.03. The molecule has 1 aromatic rings. The van der Waals surface area contributed by atoms with Crippen molar-refractivity contribution in [1.82, 2.24) is 0 Å². The second-order valence-corrected chi connectivity index (χ2v) is 4.74. The van der Waals surface area contributed by atoms with Gasteiger partial charge in [0, 0.05) is 0 Å². The molecule has 0 spiro atoms. The normalized spacial score (nSPS) is 10.4. The quantitative estimate of drug-likeness (QED) is 0.291. The Morgan fingerprint density at radius 2 is 1.94 bits per heavy atom. The molecule has 0 aliphatic carbocycles. The molecule has 0 bridgehead atoms. The van der Waals surface area contributed by atoms with E-state index in [0.29, 0.717) is 0 Å². The SMILES string of the molecule is O=C(CI)Nc1ccccc1S(=O)(=O)[O-].[Na+]. The van der Waals surface area contributed by atoms with Crippen LogP contribution in [-0.4, -0.2) is 23.3 Å². The summed E-state index contributed by atoms with van der Waals surface area (Å²) in [5.74, 6) is -0.355. The van der Waals surface area contributed by atoms with Gasteiger partial charge in [0.15, 0.2) is 0 Å². The number of hydrogen-bond acceptors (Lipinski definition) is 4. The Kier molecular flexibility index (Phi) is 7.06. The molecule has 16 heavy (non-hydrogen) atoms. The van der Waals surface area contributed by atoms with Crippen LogP contribution in [0.25, 0.3) is 0 Å². The Hall–Kier alpha value is 0.330. The largest absolute Gasteiger partial charge is 1.00 e. The van der Waals surface area contributed by atoms with Crippen LogP contribution in [0.2, 0.25) is 0 Å². The summed E-state index contributed by atoms with van der Waals surface area (Å²) in [5.41, 5.74) is 0.0224. The minimum absolute atomic E-state index is 0. The van der Waals surface area contributed by atoms with E-state index in [4.69, 9.17) is 0 Å². The Bertz CT molecular complexity index is 477. The Balaban J connectivity index is 0.00000225. The molecule has 1 N–H and O–H groups in total. The van der Waals surface area contributed by atoms with Crippen molar-refractivity contribution in [2.24, 2.45) is 0 Å². The van der Waals surface area contributed by atoms with E-state index >= 15 is 0 Å². The maximum atomic E-state index is 11.0. The van der Waals surface area contributed by atoms with E-state index < -0.39 is 15.0 Å². The van der Waals surface area contributed by atoms with E-state index in [-0.39, 0.29) is 45.6 Å². The maximum absolute atomic E-state index is 11.0. The minimum atomic E-state index is -4.55. The van der Waals surface area contributed by atoms with Crippen molar-refractivity contribution in [3.8, 4) is 0 Å². The van der Waals surface area contributed by atoms with Gasteiger partial charge in [-0.1, -0.05) is 34.7 Å². The molecule has 1 amide bonds. The van der Waals surface area contributed by atoms with Gasteiger partial charge in [-0.15, -0.1) is 0 Å². The van der Waals surface area contributed by atoms with E-state index in [0.717, 1.165) is 6.07 Å². The average Bonchev–Trinajstić information content (AvgIpc) is 2.17. The first kappa shape index (κ1) is 16.3. The van der Waals surface area contributed by atoms with Crippen LogP contribution in [0.5, 0.6) is 0 Å². The molecule has 5 nitrogen and oxygen atoms in total. The molecule has 0 atom stereocenters. The van der Waals surface area contributed by atoms with Crippen LogP contribution >= 0.6 is 22.6 Å². The number of halogens is 1. The fourth-order valence-electron chi connectivity index (χ4n) is 0.972. The predicted molar refractivity (Wildman–Crippen MR) is 61.9 cm³/mol.